The number of nitrogens with one attached hydrogen (secondary N) is 3. The molecule has 3 N–H and O–H groups in total. The Hall–Kier alpha value is -3.46. The van der Waals surface area contributed by atoms with E-state index in [-0.39, 0.29) is 11.8 Å². The summed E-state index contributed by atoms with van der Waals surface area (Å²) in [5.41, 5.74) is 4.70. The molecule has 31 heavy (non-hydrogen) atoms. The maximum absolute atomic E-state index is 12.3. The minimum absolute atomic E-state index is 0.00718. The minimum Gasteiger partial charge on any atom is -0.494 e. The van der Waals surface area contributed by atoms with Crippen LogP contribution in [0.4, 0.5) is 17.2 Å². The zero-order valence-corrected chi connectivity index (χ0v) is 18.3. The van der Waals surface area contributed by atoms with E-state index < -0.39 is 0 Å². The fourth-order valence-corrected chi connectivity index (χ4v) is 4.30. The zero-order chi connectivity index (χ0) is 21.5. The summed E-state index contributed by atoms with van der Waals surface area (Å²) in [5, 5.41) is 9.27. The smallest absolute Gasteiger partial charge is 0.228 e. The molecule has 9 heteroatoms. The number of anilines is 3. The fraction of sp³-hybridized carbons (Fsp3) is 0.273. The monoisotopic (exact) mass is 434 g/mol. The van der Waals surface area contributed by atoms with Gasteiger partial charge in [-0.15, -0.1) is 11.3 Å². The van der Waals surface area contributed by atoms with Crippen molar-refractivity contribution >= 4 is 45.6 Å². The molecule has 5 rings (SSSR count). The van der Waals surface area contributed by atoms with Crippen molar-refractivity contribution in [1.29, 1.82) is 0 Å². The highest BCUT2D eigenvalue weighted by atomic mass is 32.1. The number of thiazole rings is 1. The van der Waals surface area contributed by atoms with E-state index in [0.29, 0.717) is 22.7 Å². The Labute approximate surface area is 183 Å². The lowest BCUT2D eigenvalue weighted by atomic mass is 10.1. The lowest BCUT2D eigenvalue weighted by molar-refractivity contribution is -0.117. The van der Waals surface area contributed by atoms with Gasteiger partial charge in [-0.3, -0.25) is 4.79 Å². The molecule has 0 atom stereocenters. The number of hydrogen-bond donors (Lipinski definition) is 3. The summed E-state index contributed by atoms with van der Waals surface area (Å²) in [6.07, 6.45) is 1.87. The highest BCUT2D eigenvalue weighted by Crippen LogP contribution is 2.40. The number of H-pyrrole nitrogens is 1. The van der Waals surface area contributed by atoms with E-state index in [0.717, 1.165) is 46.3 Å². The summed E-state index contributed by atoms with van der Waals surface area (Å²) in [7, 11) is 1.65. The largest absolute Gasteiger partial charge is 0.494 e. The molecule has 0 bridgehead atoms. The molecular weight excluding hydrogens is 412 g/mol. The predicted molar refractivity (Wildman–Crippen MR) is 122 cm³/mol. The number of hydrogen-bond acceptors (Lipinski definition) is 7. The number of amides is 1. The topological polar surface area (TPSA) is 105 Å². The van der Waals surface area contributed by atoms with Crippen molar-refractivity contribution in [3.8, 4) is 16.3 Å². The molecule has 0 aliphatic heterocycles. The Morgan fingerprint density at radius 1 is 1.19 bits per heavy atom. The molecule has 0 radical (unpaired) electrons. The second kappa shape index (κ2) is 7.66. The molecule has 4 aromatic rings. The first kappa shape index (κ1) is 19.5. The number of methoxy groups -OCH3 is 1. The summed E-state index contributed by atoms with van der Waals surface area (Å²) >= 11 is 1.58. The number of aromatic amines is 1. The van der Waals surface area contributed by atoms with Gasteiger partial charge in [0.25, 0.3) is 0 Å². The molecule has 1 aromatic carbocycles. The van der Waals surface area contributed by atoms with Crippen molar-refractivity contribution in [2.75, 3.05) is 17.7 Å². The number of para-hydroxylation sites is 1. The van der Waals surface area contributed by atoms with Crippen LogP contribution in [0, 0.1) is 19.8 Å². The molecule has 0 spiro atoms. The normalized spacial score (nSPS) is 13.4. The molecule has 1 aliphatic carbocycles. The van der Waals surface area contributed by atoms with Gasteiger partial charge in [-0.05, 0) is 38.8 Å². The van der Waals surface area contributed by atoms with Crippen LogP contribution < -0.4 is 15.4 Å². The minimum atomic E-state index is 0.00718. The number of carbonyl (C=O) groups excluding carboxylic acids is 1. The van der Waals surface area contributed by atoms with Gasteiger partial charge in [-0.1, -0.05) is 6.07 Å². The Morgan fingerprint density at radius 2 is 2.03 bits per heavy atom. The first-order valence-electron chi connectivity index (χ1n) is 10.1. The van der Waals surface area contributed by atoms with Crippen LogP contribution in [-0.4, -0.2) is 33.0 Å². The Kier molecular flexibility index (Phi) is 4.82. The number of aromatic nitrogens is 4. The number of imidazole rings is 1. The van der Waals surface area contributed by atoms with Crippen LogP contribution in [0.2, 0.25) is 0 Å². The highest BCUT2D eigenvalue weighted by Gasteiger charge is 2.30. The highest BCUT2D eigenvalue weighted by molar-refractivity contribution is 7.13. The number of aryl methyl sites for hydroxylation is 2. The fourth-order valence-electron chi connectivity index (χ4n) is 3.49. The second-order valence-corrected chi connectivity index (χ2v) is 8.50. The van der Waals surface area contributed by atoms with Crippen molar-refractivity contribution in [3.63, 3.8) is 0 Å². The van der Waals surface area contributed by atoms with Gasteiger partial charge < -0.3 is 20.4 Å². The maximum Gasteiger partial charge on any atom is 0.228 e. The molecule has 8 nitrogen and oxygen atoms in total. The Bertz CT molecular complexity index is 1290. The lowest BCUT2D eigenvalue weighted by Crippen LogP contribution is -2.14. The van der Waals surface area contributed by atoms with Gasteiger partial charge in [-0.2, -0.15) is 0 Å². The van der Waals surface area contributed by atoms with E-state index in [2.05, 4.69) is 30.6 Å². The molecule has 158 valence electrons. The number of pyridine rings is 1. The van der Waals surface area contributed by atoms with E-state index in [1.54, 1.807) is 18.4 Å². The van der Waals surface area contributed by atoms with E-state index >= 15 is 0 Å². The number of ether oxygens (including phenoxy) is 1. The summed E-state index contributed by atoms with van der Waals surface area (Å²) in [6.45, 7) is 3.85. The summed E-state index contributed by atoms with van der Waals surface area (Å²) in [5.74, 6) is 2.03. The summed E-state index contributed by atoms with van der Waals surface area (Å²) in [6, 6.07) is 7.70. The standard InChI is InChI=1S/C22H22N6O2S/c1-11-10-31-22(23-11)14-5-4-6-15(19(14)30-3)26-16-9-17(28-21(29)13-7-8-13)27-20-18(16)24-12(2)25-20/h4-6,9-10,13H,7-8H2,1-3H3,(H3,24,25,26,27,28,29). The van der Waals surface area contributed by atoms with Crippen LogP contribution in [-0.2, 0) is 4.79 Å². The molecule has 3 heterocycles. The summed E-state index contributed by atoms with van der Waals surface area (Å²) in [4.78, 5) is 29.1. The van der Waals surface area contributed by atoms with E-state index in [4.69, 9.17) is 4.74 Å². The Balaban J connectivity index is 1.56. The first-order chi connectivity index (χ1) is 15.0. The molecule has 0 unspecified atom stereocenters. The van der Waals surface area contributed by atoms with Crippen molar-refractivity contribution < 1.29 is 9.53 Å². The quantitative estimate of drug-likeness (QED) is 0.403. The first-order valence-corrected chi connectivity index (χ1v) is 10.9. The number of benzene rings is 1. The van der Waals surface area contributed by atoms with Crippen molar-refractivity contribution in [3.05, 3.63) is 41.2 Å². The number of carbonyl (C=O) groups is 1. The van der Waals surface area contributed by atoms with E-state index in [1.165, 1.54) is 0 Å². The lowest BCUT2D eigenvalue weighted by Gasteiger charge is -2.15. The van der Waals surface area contributed by atoms with Crippen LogP contribution in [0.3, 0.4) is 0 Å². The van der Waals surface area contributed by atoms with Gasteiger partial charge in [0.05, 0.1) is 24.0 Å². The third kappa shape index (κ3) is 3.84. The molecule has 1 amide bonds. The van der Waals surface area contributed by atoms with Gasteiger partial charge in [0.15, 0.2) is 11.4 Å². The molecule has 1 aliphatic rings. The average molecular weight is 435 g/mol. The predicted octanol–water partition coefficient (Wildman–Crippen LogP) is 4.80. The van der Waals surface area contributed by atoms with Gasteiger partial charge >= 0.3 is 0 Å². The number of rotatable bonds is 6. The molecule has 0 saturated heterocycles. The molecular formula is C22H22N6O2S. The number of fused-ring (bicyclic) bond motifs is 1. The SMILES string of the molecule is COc1c(Nc2cc(NC(=O)C3CC3)nc3[nH]c(C)nc23)cccc1-c1nc(C)cs1. The van der Waals surface area contributed by atoms with E-state index in [1.807, 2.05) is 43.5 Å². The van der Waals surface area contributed by atoms with Gasteiger partial charge in [0.2, 0.25) is 5.91 Å². The van der Waals surface area contributed by atoms with Crippen LogP contribution in [0.5, 0.6) is 5.75 Å². The van der Waals surface area contributed by atoms with Crippen molar-refractivity contribution in [1.82, 2.24) is 19.9 Å². The van der Waals surface area contributed by atoms with Gasteiger partial charge in [0, 0.05) is 23.1 Å². The van der Waals surface area contributed by atoms with Crippen molar-refractivity contribution in [2.45, 2.75) is 26.7 Å². The molecule has 1 saturated carbocycles. The zero-order valence-electron chi connectivity index (χ0n) is 17.4. The van der Waals surface area contributed by atoms with Crippen LogP contribution >= 0.6 is 11.3 Å². The Morgan fingerprint density at radius 3 is 2.74 bits per heavy atom. The van der Waals surface area contributed by atoms with Crippen LogP contribution in [0.25, 0.3) is 21.7 Å². The van der Waals surface area contributed by atoms with Crippen molar-refractivity contribution in [2.24, 2.45) is 5.92 Å². The van der Waals surface area contributed by atoms with Gasteiger partial charge in [-0.25, -0.2) is 15.0 Å². The summed E-state index contributed by atoms with van der Waals surface area (Å²) < 4.78 is 5.75. The average Bonchev–Trinajstić information content (AvgIpc) is 3.40. The van der Waals surface area contributed by atoms with Crippen LogP contribution in [0.15, 0.2) is 29.6 Å². The van der Waals surface area contributed by atoms with Gasteiger partial charge in [0.1, 0.15) is 22.2 Å². The van der Waals surface area contributed by atoms with Crippen LogP contribution in [0.1, 0.15) is 24.4 Å². The molecule has 3 aromatic heterocycles. The third-order valence-electron chi connectivity index (χ3n) is 5.11. The second-order valence-electron chi connectivity index (χ2n) is 7.64. The third-order valence-corrected chi connectivity index (χ3v) is 6.10. The maximum atomic E-state index is 12.3. The van der Waals surface area contributed by atoms with E-state index in [9.17, 15) is 4.79 Å². The molecule has 1 fully saturated rings. The number of nitrogens with zero attached hydrogens (tertiary/aromatic N) is 3.